The van der Waals surface area contributed by atoms with E-state index >= 15 is 0 Å². The molecule has 0 aliphatic heterocycles. The molecule has 1 aromatic heterocycles. The van der Waals surface area contributed by atoms with Crippen molar-refractivity contribution in [3.63, 3.8) is 0 Å². The summed E-state index contributed by atoms with van der Waals surface area (Å²) in [5, 5.41) is 0. The summed E-state index contributed by atoms with van der Waals surface area (Å²) in [5.41, 5.74) is 6.11. The Morgan fingerprint density at radius 2 is 2.00 bits per heavy atom. The number of benzene rings is 1. The van der Waals surface area contributed by atoms with E-state index < -0.39 is 11.7 Å². The highest BCUT2D eigenvalue weighted by Crippen LogP contribution is 2.38. The van der Waals surface area contributed by atoms with Crippen molar-refractivity contribution in [2.75, 3.05) is 5.73 Å². The normalized spacial score (nSPS) is 17.1. The Morgan fingerprint density at radius 3 is 2.56 bits per heavy atom. The fourth-order valence-electron chi connectivity index (χ4n) is 2.32. The molecule has 2 N–H and O–H groups in total. The summed E-state index contributed by atoms with van der Waals surface area (Å²) in [6.45, 7) is 0. The van der Waals surface area contributed by atoms with E-state index in [9.17, 15) is 13.2 Å². The Balaban J connectivity index is 2.14. The average molecular weight is 255 g/mol. The molecule has 96 valence electrons. The average Bonchev–Trinajstić information content (AvgIpc) is 2.51. The quantitative estimate of drug-likeness (QED) is 0.849. The molecular weight excluding hydrogens is 243 g/mol. The van der Waals surface area contributed by atoms with E-state index in [0.717, 1.165) is 31.4 Å². The maximum atomic E-state index is 12.6. The lowest BCUT2D eigenvalue weighted by molar-refractivity contribution is -0.137. The number of imidazole rings is 1. The van der Waals surface area contributed by atoms with Crippen LogP contribution in [-0.4, -0.2) is 9.55 Å². The van der Waals surface area contributed by atoms with Crippen LogP contribution in [0.15, 0.2) is 18.2 Å². The van der Waals surface area contributed by atoms with Crippen molar-refractivity contribution in [2.45, 2.75) is 31.5 Å². The van der Waals surface area contributed by atoms with Gasteiger partial charge in [-0.05, 0) is 37.5 Å². The van der Waals surface area contributed by atoms with Gasteiger partial charge in [0.25, 0.3) is 0 Å². The van der Waals surface area contributed by atoms with Crippen LogP contribution in [0, 0.1) is 0 Å². The van der Waals surface area contributed by atoms with Gasteiger partial charge in [0.2, 0.25) is 5.95 Å². The highest BCUT2D eigenvalue weighted by atomic mass is 19.4. The van der Waals surface area contributed by atoms with Gasteiger partial charge >= 0.3 is 6.18 Å². The summed E-state index contributed by atoms with van der Waals surface area (Å²) in [4.78, 5) is 4.03. The Bertz CT molecular complexity index is 596. The van der Waals surface area contributed by atoms with Crippen molar-refractivity contribution < 1.29 is 13.2 Å². The lowest BCUT2D eigenvalue weighted by Crippen LogP contribution is -2.18. The molecule has 1 saturated carbocycles. The minimum atomic E-state index is -4.34. The van der Waals surface area contributed by atoms with Crippen molar-refractivity contribution in [1.82, 2.24) is 9.55 Å². The molecule has 0 bridgehead atoms. The third-order valence-electron chi connectivity index (χ3n) is 3.48. The fraction of sp³-hybridized carbons (Fsp3) is 0.417. The van der Waals surface area contributed by atoms with Gasteiger partial charge in [-0.15, -0.1) is 0 Å². The number of hydrogen-bond acceptors (Lipinski definition) is 2. The molecular formula is C12H12F3N3. The van der Waals surface area contributed by atoms with Gasteiger partial charge < -0.3 is 10.3 Å². The first-order valence-electron chi connectivity index (χ1n) is 5.81. The van der Waals surface area contributed by atoms with Gasteiger partial charge in [0, 0.05) is 6.04 Å². The number of nitrogen functional groups attached to an aromatic ring is 1. The van der Waals surface area contributed by atoms with Crippen LogP contribution in [0.3, 0.4) is 0 Å². The monoisotopic (exact) mass is 255 g/mol. The molecule has 3 nitrogen and oxygen atoms in total. The molecule has 18 heavy (non-hydrogen) atoms. The third kappa shape index (κ3) is 1.63. The lowest BCUT2D eigenvalue weighted by atomic mass is 9.93. The molecule has 2 aromatic rings. The molecule has 3 rings (SSSR count). The highest BCUT2D eigenvalue weighted by Gasteiger charge is 2.31. The van der Waals surface area contributed by atoms with Crippen LogP contribution in [0.5, 0.6) is 0 Å². The van der Waals surface area contributed by atoms with Crippen molar-refractivity contribution in [1.29, 1.82) is 0 Å². The van der Waals surface area contributed by atoms with Gasteiger partial charge in [-0.2, -0.15) is 13.2 Å². The van der Waals surface area contributed by atoms with Crippen LogP contribution in [-0.2, 0) is 6.18 Å². The first-order valence-corrected chi connectivity index (χ1v) is 5.81. The van der Waals surface area contributed by atoms with Crippen LogP contribution < -0.4 is 5.73 Å². The molecule has 0 atom stereocenters. The molecule has 0 unspecified atom stereocenters. The number of hydrogen-bond donors (Lipinski definition) is 1. The number of alkyl halides is 3. The zero-order valence-electron chi connectivity index (χ0n) is 9.54. The van der Waals surface area contributed by atoms with Crippen LogP contribution in [0.2, 0.25) is 0 Å². The largest absolute Gasteiger partial charge is 0.416 e. The van der Waals surface area contributed by atoms with Crippen LogP contribution >= 0.6 is 0 Å². The van der Waals surface area contributed by atoms with Gasteiger partial charge in [0.05, 0.1) is 16.6 Å². The van der Waals surface area contributed by atoms with Crippen molar-refractivity contribution >= 4 is 17.0 Å². The van der Waals surface area contributed by atoms with Crippen molar-refractivity contribution in [2.24, 2.45) is 0 Å². The molecule has 0 amide bonds. The van der Waals surface area contributed by atoms with E-state index in [4.69, 9.17) is 5.73 Å². The Morgan fingerprint density at radius 1 is 1.28 bits per heavy atom. The highest BCUT2D eigenvalue weighted by molar-refractivity contribution is 5.79. The van der Waals surface area contributed by atoms with E-state index in [0.29, 0.717) is 17.0 Å². The molecule has 1 heterocycles. The number of nitrogens with zero attached hydrogens (tertiary/aromatic N) is 2. The molecule has 6 heteroatoms. The van der Waals surface area contributed by atoms with E-state index in [1.165, 1.54) is 6.07 Å². The number of nitrogens with two attached hydrogens (primary N) is 1. The number of fused-ring (bicyclic) bond motifs is 1. The summed E-state index contributed by atoms with van der Waals surface area (Å²) in [6.07, 6.45) is -1.19. The predicted octanol–water partition coefficient (Wildman–Crippen LogP) is 3.36. The van der Waals surface area contributed by atoms with Gasteiger partial charge in [-0.25, -0.2) is 4.98 Å². The molecule has 1 aromatic carbocycles. The minimum Gasteiger partial charge on any atom is -0.369 e. The summed E-state index contributed by atoms with van der Waals surface area (Å²) in [7, 11) is 0. The standard InChI is InChI=1S/C12H12F3N3/c13-12(14,15)7-4-5-10-9(6-7)17-11(16)18(10)8-2-1-3-8/h4-6,8H,1-3H2,(H2,16,17). The number of anilines is 1. The smallest absolute Gasteiger partial charge is 0.369 e. The predicted molar refractivity (Wildman–Crippen MR) is 62.0 cm³/mol. The first kappa shape index (κ1) is 11.4. The van der Waals surface area contributed by atoms with Gasteiger partial charge in [0.15, 0.2) is 0 Å². The van der Waals surface area contributed by atoms with E-state index in [1.807, 2.05) is 4.57 Å². The summed E-state index contributed by atoms with van der Waals surface area (Å²) in [5.74, 6) is 0.300. The van der Waals surface area contributed by atoms with Gasteiger partial charge in [-0.3, -0.25) is 0 Å². The Kier molecular flexibility index (Phi) is 2.30. The second-order valence-corrected chi connectivity index (χ2v) is 4.63. The lowest BCUT2D eigenvalue weighted by Gasteiger charge is -2.28. The molecule has 0 radical (unpaired) electrons. The number of rotatable bonds is 1. The van der Waals surface area contributed by atoms with Gasteiger partial charge in [0.1, 0.15) is 0 Å². The van der Waals surface area contributed by atoms with E-state index in [-0.39, 0.29) is 6.04 Å². The van der Waals surface area contributed by atoms with Crippen molar-refractivity contribution in [3.05, 3.63) is 23.8 Å². The Hall–Kier alpha value is -1.72. The summed E-state index contributed by atoms with van der Waals surface area (Å²) >= 11 is 0. The molecule has 0 saturated heterocycles. The SMILES string of the molecule is Nc1nc2cc(C(F)(F)F)ccc2n1C1CCC1. The molecule has 1 fully saturated rings. The molecule has 1 aliphatic rings. The minimum absolute atomic E-state index is 0.284. The number of aromatic nitrogens is 2. The molecule has 0 spiro atoms. The molecule has 1 aliphatic carbocycles. The Labute approximate surface area is 101 Å². The topological polar surface area (TPSA) is 43.8 Å². The second kappa shape index (κ2) is 3.63. The van der Waals surface area contributed by atoms with Crippen molar-refractivity contribution in [3.8, 4) is 0 Å². The van der Waals surface area contributed by atoms with E-state index in [1.54, 1.807) is 0 Å². The summed E-state index contributed by atoms with van der Waals surface area (Å²) in [6, 6.07) is 3.88. The zero-order valence-corrected chi connectivity index (χ0v) is 9.54. The fourth-order valence-corrected chi connectivity index (χ4v) is 2.32. The van der Waals surface area contributed by atoms with E-state index in [2.05, 4.69) is 4.98 Å². The van der Waals surface area contributed by atoms with Gasteiger partial charge in [-0.1, -0.05) is 0 Å². The van der Waals surface area contributed by atoms with Crippen LogP contribution in [0.4, 0.5) is 19.1 Å². The van der Waals surface area contributed by atoms with Crippen LogP contribution in [0.25, 0.3) is 11.0 Å². The maximum Gasteiger partial charge on any atom is 0.416 e. The zero-order chi connectivity index (χ0) is 12.9. The maximum absolute atomic E-state index is 12.6. The first-order chi connectivity index (χ1) is 8.47. The summed E-state index contributed by atoms with van der Waals surface area (Å²) < 4.78 is 39.6. The third-order valence-corrected chi connectivity index (χ3v) is 3.48. The van der Waals surface area contributed by atoms with Crippen LogP contribution in [0.1, 0.15) is 30.9 Å². The second-order valence-electron chi connectivity index (χ2n) is 4.63. The number of halogens is 3.